The van der Waals surface area contributed by atoms with E-state index in [2.05, 4.69) is 5.32 Å². The summed E-state index contributed by atoms with van der Waals surface area (Å²) in [4.78, 5) is 34.4. The molecular formula is C20H20NO5. The van der Waals surface area contributed by atoms with Crippen molar-refractivity contribution in [2.24, 2.45) is 0 Å². The number of rotatable bonds is 9. The van der Waals surface area contributed by atoms with E-state index in [1.807, 2.05) is 60.7 Å². The second-order valence-electron chi connectivity index (χ2n) is 5.56. The first-order valence-electron chi connectivity index (χ1n) is 8.22. The molecule has 0 fully saturated rings. The molecule has 0 aromatic heterocycles. The zero-order chi connectivity index (χ0) is 18.6. The van der Waals surface area contributed by atoms with Crippen molar-refractivity contribution in [3.05, 3.63) is 71.8 Å². The highest BCUT2D eigenvalue weighted by Gasteiger charge is 2.16. The van der Waals surface area contributed by atoms with Crippen LogP contribution in [0.15, 0.2) is 60.7 Å². The van der Waals surface area contributed by atoms with Gasteiger partial charge in [0.2, 0.25) is 6.29 Å². The summed E-state index contributed by atoms with van der Waals surface area (Å²) < 4.78 is 10.1. The maximum absolute atomic E-state index is 11.7. The highest BCUT2D eigenvalue weighted by atomic mass is 16.5. The van der Waals surface area contributed by atoms with Crippen LogP contribution in [0.1, 0.15) is 24.0 Å². The molecule has 0 bridgehead atoms. The van der Waals surface area contributed by atoms with Gasteiger partial charge in [0.25, 0.3) is 0 Å². The van der Waals surface area contributed by atoms with E-state index < -0.39 is 18.1 Å². The quantitative estimate of drug-likeness (QED) is 0.700. The Kier molecular flexibility index (Phi) is 7.86. The van der Waals surface area contributed by atoms with Crippen molar-refractivity contribution in [1.29, 1.82) is 0 Å². The van der Waals surface area contributed by atoms with E-state index >= 15 is 0 Å². The van der Waals surface area contributed by atoms with Crippen LogP contribution in [0.25, 0.3) is 0 Å². The number of ether oxygens (including phenoxy) is 2. The molecule has 26 heavy (non-hydrogen) atoms. The number of nitrogens with one attached hydrogen (secondary N) is 1. The van der Waals surface area contributed by atoms with Crippen LogP contribution in [0.2, 0.25) is 0 Å². The largest absolute Gasteiger partial charge is 0.461 e. The molecule has 2 aromatic carbocycles. The van der Waals surface area contributed by atoms with Gasteiger partial charge in [-0.3, -0.25) is 9.59 Å². The molecule has 6 heteroatoms. The van der Waals surface area contributed by atoms with E-state index in [-0.39, 0.29) is 26.1 Å². The molecule has 0 spiro atoms. The van der Waals surface area contributed by atoms with Gasteiger partial charge in [-0.2, -0.15) is 0 Å². The monoisotopic (exact) mass is 354 g/mol. The number of carbonyl (C=O) groups is 2. The van der Waals surface area contributed by atoms with Crippen LogP contribution in [0, 0.1) is 0 Å². The lowest BCUT2D eigenvalue weighted by Crippen LogP contribution is -2.36. The minimum atomic E-state index is -0.928. The summed E-state index contributed by atoms with van der Waals surface area (Å²) in [6, 6.07) is 17.5. The van der Waals surface area contributed by atoms with Gasteiger partial charge in [0.15, 0.2) is 0 Å². The van der Waals surface area contributed by atoms with Crippen molar-refractivity contribution >= 4 is 18.3 Å². The number of hydrogen-bond acceptors (Lipinski definition) is 5. The molecule has 2 aromatic rings. The lowest BCUT2D eigenvalue weighted by Gasteiger charge is -2.12. The average Bonchev–Trinajstić information content (AvgIpc) is 2.69. The van der Waals surface area contributed by atoms with Gasteiger partial charge >= 0.3 is 12.1 Å². The first-order valence-corrected chi connectivity index (χ1v) is 8.22. The van der Waals surface area contributed by atoms with Gasteiger partial charge in [0.1, 0.15) is 13.2 Å². The number of esters is 1. The number of carbonyl (C=O) groups excluding carboxylic acids is 3. The smallest absolute Gasteiger partial charge is 0.408 e. The number of benzene rings is 2. The van der Waals surface area contributed by atoms with Crippen molar-refractivity contribution in [2.45, 2.75) is 32.1 Å². The van der Waals surface area contributed by atoms with E-state index in [1.165, 1.54) is 0 Å². The third kappa shape index (κ3) is 7.17. The Hall–Kier alpha value is -3.15. The minimum Gasteiger partial charge on any atom is -0.461 e. The first-order chi connectivity index (χ1) is 12.7. The van der Waals surface area contributed by atoms with E-state index in [0.717, 1.165) is 11.1 Å². The van der Waals surface area contributed by atoms with Crippen LogP contribution < -0.4 is 5.32 Å². The van der Waals surface area contributed by atoms with E-state index in [0.29, 0.717) is 0 Å². The Labute approximate surface area is 152 Å². The van der Waals surface area contributed by atoms with Gasteiger partial charge < -0.3 is 14.8 Å². The highest BCUT2D eigenvalue weighted by molar-refractivity contribution is 5.74. The highest BCUT2D eigenvalue weighted by Crippen LogP contribution is 2.05. The van der Waals surface area contributed by atoms with Crippen LogP contribution in [0.5, 0.6) is 0 Å². The van der Waals surface area contributed by atoms with E-state index in [9.17, 15) is 14.4 Å². The van der Waals surface area contributed by atoms with Gasteiger partial charge in [-0.15, -0.1) is 0 Å². The molecule has 2 rings (SSSR count). The fourth-order valence-corrected chi connectivity index (χ4v) is 2.14. The fraction of sp³-hybridized carbons (Fsp3) is 0.250. The minimum absolute atomic E-state index is 0.00823. The van der Waals surface area contributed by atoms with Crippen LogP contribution >= 0.6 is 0 Å². The van der Waals surface area contributed by atoms with Crippen LogP contribution in [-0.2, 0) is 32.3 Å². The molecule has 0 saturated heterocycles. The third-order valence-electron chi connectivity index (χ3n) is 3.53. The number of hydrogen-bond donors (Lipinski definition) is 1. The van der Waals surface area contributed by atoms with Gasteiger partial charge in [-0.1, -0.05) is 60.7 Å². The molecule has 0 aliphatic heterocycles. The summed E-state index contributed by atoms with van der Waals surface area (Å²) in [6.45, 7) is 0.263. The summed E-state index contributed by atoms with van der Waals surface area (Å²) in [5.41, 5.74) is 1.71. The predicted molar refractivity (Wildman–Crippen MR) is 94.7 cm³/mol. The normalized spacial score (nSPS) is 11.2. The molecule has 1 atom stereocenters. The Balaban J connectivity index is 1.66. The van der Waals surface area contributed by atoms with Crippen molar-refractivity contribution in [3.63, 3.8) is 0 Å². The molecule has 6 nitrogen and oxygen atoms in total. The Bertz CT molecular complexity index is 703. The number of alkyl carbamates (subject to hydrolysis) is 1. The van der Waals surface area contributed by atoms with Crippen molar-refractivity contribution < 1.29 is 23.9 Å². The second kappa shape index (κ2) is 10.7. The molecule has 0 unspecified atom stereocenters. The topological polar surface area (TPSA) is 81.7 Å². The second-order valence-corrected chi connectivity index (χ2v) is 5.56. The van der Waals surface area contributed by atoms with Crippen LogP contribution in [0.4, 0.5) is 4.79 Å². The standard InChI is InChI=1S/C20H20NO5/c22-13-18(21-20(24)26-15-17-9-5-2-6-10-17)11-12-19(23)25-14-16-7-3-1-4-8-16/h1-10,18H,11-12,14-15H2,(H,21,24)/t18-/m0/s1. The van der Waals surface area contributed by atoms with Crippen LogP contribution in [0.3, 0.4) is 0 Å². The van der Waals surface area contributed by atoms with E-state index in [1.54, 1.807) is 6.29 Å². The Morgan fingerprint density at radius 3 is 1.96 bits per heavy atom. The molecule has 1 radical (unpaired) electrons. The Morgan fingerprint density at radius 1 is 0.885 bits per heavy atom. The maximum Gasteiger partial charge on any atom is 0.408 e. The lowest BCUT2D eigenvalue weighted by atomic mass is 10.2. The van der Waals surface area contributed by atoms with Gasteiger partial charge in [-0.05, 0) is 17.5 Å². The lowest BCUT2D eigenvalue weighted by molar-refractivity contribution is -0.145. The summed E-state index contributed by atoms with van der Waals surface area (Å²) in [5, 5.41) is 2.37. The summed E-state index contributed by atoms with van der Waals surface area (Å²) >= 11 is 0. The van der Waals surface area contributed by atoms with Gasteiger partial charge in [-0.25, -0.2) is 4.79 Å². The maximum atomic E-state index is 11.7. The molecule has 135 valence electrons. The van der Waals surface area contributed by atoms with Crippen molar-refractivity contribution in [3.8, 4) is 0 Å². The number of amides is 1. The van der Waals surface area contributed by atoms with Gasteiger partial charge in [0, 0.05) is 6.42 Å². The van der Waals surface area contributed by atoms with Crippen molar-refractivity contribution in [2.75, 3.05) is 0 Å². The SMILES string of the molecule is O=[C][C@H](CCC(=O)OCc1ccccc1)NC(=O)OCc1ccccc1. The Morgan fingerprint density at radius 2 is 1.42 bits per heavy atom. The first kappa shape index (κ1) is 19.2. The fourth-order valence-electron chi connectivity index (χ4n) is 2.14. The summed E-state index contributed by atoms with van der Waals surface area (Å²) in [7, 11) is 0. The van der Waals surface area contributed by atoms with Crippen molar-refractivity contribution in [1.82, 2.24) is 5.32 Å². The third-order valence-corrected chi connectivity index (χ3v) is 3.53. The van der Waals surface area contributed by atoms with Crippen LogP contribution in [-0.4, -0.2) is 24.4 Å². The zero-order valence-corrected chi connectivity index (χ0v) is 14.2. The predicted octanol–water partition coefficient (Wildman–Crippen LogP) is 2.91. The molecule has 0 aliphatic rings. The zero-order valence-electron chi connectivity index (χ0n) is 14.2. The average molecular weight is 354 g/mol. The molecule has 1 N–H and O–H groups in total. The summed E-state index contributed by atoms with van der Waals surface area (Å²) in [6.07, 6.45) is 1.04. The molecule has 0 aliphatic carbocycles. The molecule has 0 heterocycles. The molecular weight excluding hydrogens is 334 g/mol. The van der Waals surface area contributed by atoms with E-state index in [4.69, 9.17) is 9.47 Å². The molecule has 0 saturated carbocycles. The molecule has 1 amide bonds. The summed E-state index contributed by atoms with van der Waals surface area (Å²) in [5.74, 6) is -0.450. The van der Waals surface area contributed by atoms with Gasteiger partial charge in [0.05, 0.1) is 6.04 Å².